The molecule has 0 radical (unpaired) electrons. The number of likely N-dealkylation sites (tertiary alicyclic amines) is 2. The van der Waals surface area contributed by atoms with E-state index in [0.29, 0.717) is 38.2 Å². The molecule has 6 nitrogen and oxygen atoms in total. The normalized spacial score (nSPS) is 22.3. The van der Waals surface area contributed by atoms with Crippen molar-refractivity contribution in [1.82, 2.24) is 14.8 Å². The maximum atomic E-state index is 14.0. The molecule has 28 heavy (non-hydrogen) atoms. The Morgan fingerprint density at radius 1 is 1.29 bits per heavy atom. The molecule has 1 aromatic heterocycles. The van der Waals surface area contributed by atoms with Gasteiger partial charge in [-0.25, -0.2) is 13.8 Å². The van der Waals surface area contributed by atoms with Crippen LogP contribution in [0.4, 0.5) is 8.78 Å². The summed E-state index contributed by atoms with van der Waals surface area (Å²) in [6.45, 7) is 2.97. The minimum atomic E-state index is -0.920. The number of benzene rings is 1. The molecule has 3 heterocycles. The first-order valence-corrected chi connectivity index (χ1v) is 9.33. The Labute approximate surface area is 161 Å². The van der Waals surface area contributed by atoms with Gasteiger partial charge >= 0.3 is 0 Å². The Bertz CT molecular complexity index is 929. The van der Waals surface area contributed by atoms with Crippen LogP contribution < -0.4 is 0 Å². The lowest BCUT2D eigenvalue weighted by molar-refractivity contribution is -0.146. The second-order valence-electron chi connectivity index (χ2n) is 7.57. The molecule has 1 atom stereocenters. The van der Waals surface area contributed by atoms with Crippen molar-refractivity contribution in [2.24, 2.45) is 5.41 Å². The smallest absolute Gasteiger partial charge is 0.291 e. The van der Waals surface area contributed by atoms with Crippen LogP contribution in [0.2, 0.25) is 0 Å². The lowest BCUT2D eigenvalue weighted by Gasteiger charge is -2.39. The largest absolute Gasteiger partial charge is 0.438 e. The van der Waals surface area contributed by atoms with E-state index in [4.69, 9.17) is 4.42 Å². The van der Waals surface area contributed by atoms with E-state index in [9.17, 15) is 18.4 Å². The van der Waals surface area contributed by atoms with Crippen molar-refractivity contribution in [2.45, 2.75) is 32.7 Å². The molecule has 2 aliphatic heterocycles. The number of amides is 2. The summed E-state index contributed by atoms with van der Waals surface area (Å²) in [5.74, 6) is -2.02. The summed E-state index contributed by atoms with van der Waals surface area (Å²) in [5.41, 5.74) is 0.00350. The molecule has 0 N–H and O–H groups in total. The second kappa shape index (κ2) is 7.00. The Balaban J connectivity index is 1.51. The maximum absolute atomic E-state index is 14.0. The van der Waals surface area contributed by atoms with Gasteiger partial charge in [-0.1, -0.05) is 12.1 Å². The first kappa shape index (κ1) is 18.6. The van der Waals surface area contributed by atoms with Gasteiger partial charge in [0.2, 0.25) is 11.7 Å². The number of nitrogens with zero attached hydrogens (tertiary/aromatic N) is 3. The lowest BCUT2D eigenvalue weighted by atomic mass is 9.78. The highest BCUT2D eigenvalue weighted by molar-refractivity contribution is 5.94. The molecular formula is C20H21F2N3O3. The van der Waals surface area contributed by atoms with Crippen LogP contribution in [0.5, 0.6) is 0 Å². The van der Waals surface area contributed by atoms with Crippen molar-refractivity contribution < 1.29 is 22.8 Å². The summed E-state index contributed by atoms with van der Waals surface area (Å²) < 4.78 is 32.7. The van der Waals surface area contributed by atoms with Gasteiger partial charge in [0.15, 0.2) is 18.0 Å². The lowest BCUT2D eigenvalue weighted by Crippen LogP contribution is -2.50. The maximum Gasteiger partial charge on any atom is 0.291 e. The van der Waals surface area contributed by atoms with Gasteiger partial charge < -0.3 is 14.2 Å². The van der Waals surface area contributed by atoms with Gasteiger partial charge in [0.25, 0.3) is 5.91 Å². The highest BCUT2D eigenvalue weighted by atomic mass is 19.2. The Hall–Kier alpha value is -2.77. The zero-order valence-electron chi connectivity index (χ0n) is 15.6. The minimum absolute atomic E-state index is 0.0271. The third kappa shape index (κ3) is 3.06. The SMILES string of the molecule is Cc1ncoc1C(=O)N1CC[C@@]2(CCCN(Cc3cccc(F)c3F)C2=O)C1. The van der Waals surface area contributed by atoms with Gasteiger partial charge in [0.1, 0.15) is 0 Å². The molecule has 1 aromatic carbocycles. The van der Waals surface area contributed by atoms with Crippen LogP contribution in [0.15, 0.2) is 29.0 Å². The fourth-order valence-electron chi connectivity index (χ4n) is 4.25. The van der Waals surface area contributed by atoms with Crippen LogP contribution in [0, 0.1) is 24.0 Å². The van der Waals surface area contributed by atoms with Crippen molar-refractivity contribution in [1.29, 1.82) is 0 Å². The van der Waals surface area contributed by atoms with E-state index in [1.165, 1.54) is 18.5 Å². The Kier molecular flexibility index (Phi) is 4.64. The number of hydrogen-bond acceptors (Lipinski definition) is 4. The molecule has 8 heteroatoms. The number of hydrogen-bond donors (Lipinski definition) is 0. The predicted octanol–water partition coefficient (Wildman–Crippen LogP) is 2.92. The number of carbonyl (C=O) groups excluding carboxylic acids is 2. The van der Waals surface area contributed by atoms with Crippen LogP contribution in [0.3, 0.4) is 0 Å². The molecule has 0 saturated carbocycles. The minimum Gasteiger partial charge on any atom is -0.438 e. The van der Waals surface area contributed by atoms with Gasteiger partial charge in [-0.3, -0.25) is 9.59 Å². The summed E-state index contributed by atoms with van der Waals surface area (Å²) in [6.07, 6.45) is 3.21. The van der Waals surface area contributed by atoms with E-state index in [-0.39, 0.29) is 29.7 Å². The van der Waals surface area contributed by atoms with Gasteiger partial charge in [-0.05, 0) is 32.3 Å². The van der Waals surface area contributed by atoms with E-state index in [1.54, 1.807) is 16.7 Å². The average molecular weight is 389 g/mol. The standard InChI is InChI=1S/C20H21F2N3O3/c1-13-17(28-12-23-13)18(26)25-9-7-20(11-25)6-3-8-24(19(20)27)10-14-4-2-5-15(21)16(14)22/h2,4-5,12H,3,6-11H2,1H3/t20-/m0/s1. The molecule has 4 rings (SSSR count). The number of aryl methyl sites for hydroxylation is 1. The van der Waals surface area contributed by atoms with Crippen molar-refractivity contribution >= 4 is 11.8 Å². The van der Waals surface area contributed by atoms with Gasteiger partial charge in [-0.2, -0.15) is 0 Å². The molecule has 2 saturated heterocycles. The number of piperidine rings is 1. The molecule has 1 spiro atoms. The number of halogens is 2. The van der Waals surface area contributed by atoms with Gasteiger partial charge in [0.05, 0.1) is 11.1 Å². The monoisotopic (exact) mass is 389 g/mol. The van der Waals surface area contributed by atoms with Crippen molar-refractivity contribution in [3.8, 4) is 0 Å². The molecule has 2 amide bonds. The average Bonchev–Trinajstić information content (AvgIpc) is 3.30. The Morgan fingerprint density at radius 2 is 2.11 bits per heavy atom. The van der Waals surface area contributed by atoms with Crippen LogP contribution in [0.25, 0.3) is 0 Å². The van der Waals surface area contributed by atoms with Crippen molar-refractivity contribution in [3.05, 3.63) is 53.2 Å². The third-order valence-electron chi connectivity index (χ3n) is 5.80. The first-order chi connectivity index (χ1) is 13.4. The second-order valence-corrected chi connectivity index (χ2v) is 7.57. The number of rotatable bonds is 3. The zero-order chi connectivity index (χ0) is 19.9. The third-order valence-corrected chi connectivity index (χ3v) is 5.80. The summed E-state index contributed by atoms with van der Waals surface area (Å²) in [5, 5.41) is 0. The summed E-state index contributed by atoms with van der Waals surface area (Å²) in [6, 6.07) is 3.99. The fraction of sp³-hybridized carbons (Fsp3) is 0.450. The molecule has 148 valence electrons. The fourth-order valence-corrected chi connectivity index (χ4v) is 4.25. The molecular weight excluding hydrogens is 368 g/mol. The predicted molar refractivity (Wildman–Crippen MR) is 95.2 cm³/mol. The molecule has 2 aromatic rings. The van der Waals surface area contributed by atoms with Gasteiger partial charge in [-0.15, -0.1) is 0 Å². The first-order valence-electron chi connectivity index (χ1n) is 9.33. The summed E-state index contributed by atoms with van der Waals surface area (Å²) in [7, 11) is 0. The Morgan fingerprint density at radius 3 is 2.86 bits per heavy atom. The number of aromatic nitrogens is 1. The summed E-state index contributed by atoms with van der Waals surface area (Å²) >= 11 is 0. The quantitative estimate of drug-likeness (QED) is 0.810. The van der Waals surface area contributed by atoms with E-state index in [1.807, 2.05) is 0 Å². The van der Waals surface area contributed by atoms with E-state index in [0.717, 1.165) is 12.5 Å². The van der Waals surface area contributed by atoms with E-state index < -0.39 is 17.0 Å². The van der Waals surface area contributed by atoms with Crippen LogP contribution in [0.1, 0.15) is 41.1 Å². The zero-order valence-corrected chi connectivity index (χ0v) is 15.6. The molecule has 0 bridgehead atoms. The van der Waals surface area contributed by atoms with Gasteiger partial charge in [0, 0.05) is 31.7 Å². The highest BCUT2D eigenvalue weighted by Gasteiger charge is 2.49. The molecule has 0 unspecified atom stereocenters. The van der Waals surface area contributed by atoms with Crippen molar-refractivity contribution in [2.75, 3.05) is 19.6 Å². The molecule has 2 aliphatic rings. The molecule has 0 aliphatic carbocycles. The van der Waals surface area contributed by atoms with E-state index >= 15 is 0 Å². The number of carbonyl (C=O) groups is 2. The van der Waals surface area contributed by atoms with E-state index in [2.05, 4.69) is 4.98 Å². The van der Waals surface area contributed by atoms with Crippen LogP contribution in [-0.2, 0) is 11.3 Å². The highest BCUT2D eigenvalue weighted by Crippen LogP contribution is 2.41. The molecule has 2 fully saturated rings. The van der Waals surface area contributed by atoms with Crippen molar-refractivity contribution in [3.63, 3.8) is 0 Å². The summed E-state index contributed by atoms with van der Waals surface area (Å²) in [4.78, 5) is 33.0. The topological polar surface area (TPSA) is 66.7 Å². The van der Waals surface area contributed by atoms with Crippen LogP contribution >= 0.6 is 0 Å². The van der Waals surface area contributed by atoms with Crippen LogP contribution in [-0.4, -0.2) is 46.2 Å². The number of oxazole rings is 1.